The molecule has 0 bridgehead atoms. The van der Waals surface area contributed by atoms with Crippen LogP contribution in [0.2, 0.25) is 0 Å². The van der Waals surface area contributed by atoms with Gasteiger partial charge in [-0.25, -0.2) is 18.1 Å². The Bertz CT molecular complexity index is 567. The molecule has 0 aromatic carbocycles. The van der Waals surface area contributed by atoms with Gasteiger partial charge in [-0.3, -0.25) is 4.79 Å². The van der Waals surface area contributed by atoms with Crippen molar-refractivity contribution in [3.8, 4) is 0 Å². The first-order valence-electron chi connectivity index (χ1n) is 6.08. The molecule has 1 atom stereocenters. The van der Waals surface area contributed by atoms with Gasteiger partial charge in [-0.15, -0.1) is 0 Å². The largest absolute Gasteiger partial charge is 0.481 e. The van der Waals surface area contributed by atoms with Crippen molar-refractivity contribution >= 4 is 16.0 Å². The Kier molecular flexibility index (Phi) is 5.66. The first-order valence-corrected chi connectivity index (χ1v) is 7.56. The van der Waals surface area contributed by atoms with Crippen molar-refractivity contribution in [1.82, 2.24) is 14.3 Å². The van der Waals surface area contributed by atoms with Crippen LogP contribution in [0.25, 0.3) is 0 Å². The van der Waals surface area contributed by atoms with E-state index >= 15 is 0 Å². The van der Waals surface area contributed by atoms with Gasteiger partial charge in [-0.05, 0) is 13.8 Å². The number of ether oxygens (including phenoxy) is 1. The van der Waals surface area contributed by atoms with E-state index in [0.717, 1.165) is 0 Å². The summed E-state index contributed by atoms with van der Waals surface area (Å²) in [6.07, 6.45) is 0.439. The molecule has 0 fully saturated rings. The summed E-state index contributed by atoms with van der Waals surface area (Å²) in [4.78, 5) is 14.6. The molecule has 0 radical (unpaired) electrons. The number of aliphatic carboxylic acids is 1. The lowest BCUT2D eigenvalue weighted by Crippen LogP contribution is -2.34. The van der Waals surface area contributed by atoms with Crippen molar-refractivity contribution in [1.29, 1.82) is 0 Å². The number of sulfonamides is 1. The second-order valence-corrected chi connectivity index (χ2v) is 5.93. The molecule has 0 aliphatic heterocycles. The summed E-state index contributed by atoms with van der Waals surface area (Å²) in [7, 11) is -2.44. The highest BCUT2D eigenvalue weighted by Gasteiger charge is 2.21. The number of hydrogen-bond acceptors (Lipinski definition) is 5. The Morgan fingerprint density at radius 1 is 1.60 bits per heavy atom. The summed E-state index contributed by atoms with van der Waals surface area (Å²) < 4.78 is 33.0. The third-order valence-electron chi connectivity index (χ3n) is 2.81. The fraction of sp³-hybridized carbons (Fsp3) is 0.636. The van der Waals surface area contributed by atoms with Gasteiger partial charge in [0.15, 0.2) is 5.03 Å². The molecule has 0 amide bonds. The zero-order valence-corrected chi connectivity index (χ0v) is 12.5. The number of carbonyl (C=O) groups is 1. The van der Waals surface area contributed by atoms with Crippen molar-refractivity contribution in [2.45, 2.75) is 37.9 Å². The number of aromatic nitrogens is 2. The third kappa shape index (κ3) is 4.29. The molecule has 0 aliphatic carbocycles. The number of rotatable bonds is 8. The van der Waals surface area contributed by atoms with Crippen molar-refractivity contribution in [2.75, 3.05) is 13.7 Å². The molecule has 0 aliphatic rings. The fourth-order valence-corrected chi connectivity index (χ4v) is 2.71. The van der Waals surface area contributed by atoms with Gasteiger partial charge in [-0.1, -0.05) is 0 Å². The molecular weight excluding hydrogens is 286 g/mol. The average Bonchev–Trinajstić information content (AvgIpc) is 2.76. The maximum absolute atomic E-state index is 12.0. The Balaban J connectivity index is 2.76. The smallest absolute Gasteiger partial charge is 0.306 e. The minimum Gasteiger partial charge on any atom is -0.481 e. The predicted molar refractivity (Wildman–Crippen MR) is 70.9 cm³/mol. The quantitative estimate of drug-likeness (QED) is 0.698. The van der Waals surface area contributed by atoms with Crippen LogP contribution in [0, 0.1) is 6.92 Å². The van der Waals surface area contributed by atoms with E-state index in [1.54, 1.807) is 11.5 Å². The normalized spacial score (nSPS) is 13.3. The van der Waals surface area contributed by atoms with Crippen LogP contribution in [-0.2, 0) is 26.1 Å². The molecule has 1 unspecified atom stereocenters. The lowest BCUT2D eigenvalue weighted by atomic mass is 10.2. The molecule has 1 aromatic rings. The second kappa shape index (κ2) is 6.82. The maximum atomic E-state index is 12.0. The lowest BCUT2D eigenvalue weighted by Gasteiger charge is -2.13. The van der Waals surface area contributed by atoms with Crippen LogP contribution >= 0.6 is 0 Å². The summed E-state index contributed by atoms with van der Waals surface area (Å²) in [5.41, 5.74) is 0. The number of nitrogens with zero attached hydrogens (tertiary/aromatic N) is 2. The Morgan fingerprint density at radius 2 is 2.25 bits per heavy atom. The first-order chi connectivity index (χ1) is 9.30. The van der Waals surface area contributed by atoms with E-state index in [1.165, 1.54) is 13.3 Å². The van der Waals surface area contributed by atoms with Crippen LogP contribution in [0.15, 0.2) is 11.2 Å². The standard InChI is InChI=1S/C11H19N3O5S/c1-4-14-7-10(13-8(14)2)20(17,18)12-6-9(19-3)5-11(15)16/h7,9,12H,4-6H2,1-3H3,(H,15,16). The molecule has 0 saturated carbocycles. The second-order valence-electron chi connectivity index (χ2n) is 4.22. The van der Waals surface area contributed by atoms with Crippen LogP contribution in [0.5, 0.6) is 0 Å². The van der Waals surface area contributed by atoms with Crippen molar-refractivity contribution in [3.05, 3.63) is 12.0 Å². The summed E-state index contributed by atoms with van der Waals surface area (Å²) in [6, 6.07) is 0. The number of hydrogen-bond donors (Lipinski definition) is 2. The third-order valence-corrected chi connectivity index (χ3v) is 4.10. The number of aryl methyl sites for hydroxylation is 2. The van der Waals surface area contributed by atoms with Gasteiger partial charge in [-0.2, -0.15) is 0 Å². The van der Waals surface area contributed by atoms with E-state index in [9.17, 15) is 13.2 Å². The predicted octanol–water partition coefficient (Wildman–Crippen LogP) is -0.0206. The van der Waals surface area contributed by atoms with Gasteiger partial charge in [0.1, 0.15) is 5.82 Å². The van der Waals surface area contributed by atoms with Crippen LogP contribution < -0.4 is 4.72 Å². The summed E-state index contributed by atoms with van der Waals surface area (Å²) in [6.45, 7) is 4.09. The van der Waals surface area contributed by atoms with Crippen LogP contribution in [0.4, 0.5) is 0 Å². The molecule has 1 rings (SSSR count). The van der Waals surface area contributed by atoms with Crippen LogP contribution in [-0.4, -0.2) is 48.8 Å². The Labute approximate surface area is 117 Å². The maximum Gasteiger partial charge on any atom is 0.306 e. The molecule has 9 heteroatoms. The highest BCUT2D eigenvalue weighted by atomic mass is 32.2. The number of carboxylic acids is 1. The topological polar surface area (TPSA) is 111 Å². The molecule has 0 saturated heterocycles. The van der Waals surface area contributed by atoms with Crippen molar-refractivity contribution < 1.29 is 23.1 Å². The Hall–Kier alpha value is -1.45. The molecule has 2 N–H and O–H groups in total. The highest BCUT2D eigenvalue weighted by molar-refractivity contribution is 7.89. The molecule has 8 nitrogen and oxygen atoms in total. The zero-order chi connectivity index (χ0) is 15.3. The lowest BCUT2D eigenvalue weighted by molar-refractivity contribution is -0.139. The van der Waals surface area contributed by atoms with Crippen LogP contribution in [0.1, 0.15) is 19.2 Å². The number of carboxylic acid groups (broad SMARTS) is 1. The van der Waals surface area contributed by atoms with Gasteiger partial charge in [0.25, 0.3) is 10.0 Å². The van der Waals surface area contributed by atoms with E-state index < -0.39 is 22.1 Å². The van der Waals surface area contributed by atoms with E-state index in [4.69, 9.17) is 9.84 Å². The van der Waals surface area contributed by atoms with Gasteiger partial charge in [0.05, 0.1) is 12.5 Å². The van der Waals surface area contributed by atoms with Gasteiger partial charge in [0, 0.05) is 26.4 Å². The molecular formula is C11H19N3O5S. The molecule has 1 heterocycles. The van der Waals surface area contributed by atoms with Gasteiger partial charge >= 0.3 is 5.97 Å². The SMILES string of the molecule is CCn1cc(S(=O)(=O)NCC(CC(=O)O)OC)nc1C. The molecule has 20 heavy (non-hydrogen) atoms. The van der Waals surface area contributed by atoms with Gasteiger partial charge in [0.2, 0.25) is 0 Å². The Morgan fingerprint density at radius 3 is 2.70 bits per heavy atom. The number of methoxy groups -OCH3 is 1. The van der Waals surface area contributed by atoms with E-state index in [1.807, 2.05) is 6.92 Å². The average molecular weight is 305 g/mol. The minimum absolute atomic E-state index is 0.0815. The van der Waals surface area contributed by atoms with E-state index in [0.29, 0.717) is 12.4 Å². The van der Waals surface area contributed by atoms with Gasteiger partial charge < -0.3 is 14.4 Å². The highest BCUT2D eigenvalue weighted by Crippen LogP contribution is 2.09. The molecule has 1 aromatic heterocycles. The first kappa shape index (κ1) is 16.6. The zero-order valence-electron chi connectivity index (χ0n) is 11.7. The molecule has 0 spiro atoms. The summed E-state index contributed by atoms with van der Waals surface area (Å²) >= 11 is 0. The number of nitrogens with one attached hydrogen (secondary N) is 1. The van der Waals surface area contributed by atoms with Crippen molar-refractivity contribution in [2.24, 2.45) is 0 Å². The summed E-state index contributed by atoms with van der Waals surface area (Å²) in [5.74, 6) is -0.455. The van der Waals surface area contributed by atoms with Crippen LogP contribution in [0.3, 0.4) is 0 Å². The molecule has 114 valence electrons. The fourth-order valence-electron chi connectivity index (χ4n) is 1.64. The van der Waals surface area contributed by atoms with E-state index in [-0.39, 0.29) is 18.0 Å². The summed E-state index contributed by atoms with van der Waals surface area (Å²) in [5, 5.41) is 8.58. The monoisotopic (exact) mass is 305 g/mol. The van der Waals surface area contributed by atoms with E-state index in [2.05, 4.69) is 9.71 Å². The van der Waals surface area contributed by atoms with Crippen molar-refractivity contribution in [3.63, 3.8) is 0 Å². The number of imidazole rings is 1. The minimum atomic E-state index is -3.77.